The summed E-state index contributed by atoms with van der Waals surface area (Å²) in [6.45, 7) is 1.10. The van der Waals surface area contributed by atoms with Crippen LogP contribution < -0.4 is 5.32 Å². The number of aromatic nitrogens is 2. The summed E-state index contributed by atoms with van der Waals surface area (Å²) < 4.78 is 45.5. The van der Waals surface area contributed by atoms with Gasteiger partial charge in [-0.15, -0.1) is 0 Å². The van der Waals surface area contributed by atoms with Gasteiger partial charge in [0.05, 0.1) is 5.56 Å². The molecule has 3 aromatic rings. The summed E-state index contributed by atoms with van der Waals surface area (Å²) in [5.41, 5.74) is -0.506. The molecule has 136 valence electrons. The van der Waals surface area contributed by atoms with Crippen molar-refractivity contribution < 1.29 is 22.4 Å². The minimum absolute atomic E-state index is 0.0523. The molecular weight excluding hydrogens is 347 g/mol. The number of hydrogen-bond acceptors (Lipinski definition) is 3. The highest BCUT2D eigenvalue weighted by molar-refractivity contribution is 5.92. The number of aryl methyl sites for hydroxylation is 1. The lowest BCUT2D eigenvalue weighted by molar-refractivity contribution is -0.137. The van der Waals surface area contributed by atoms with E-state index in [0.29, 0.717) is 19.5 Å². The zero-order valence-electron chi connectivity index (χ0n) is 13.7. The van der Waals surface area contributed by atoms with Crippen molar-refractivity contribution in [2.45, 2.75) is 19.1 Å². The molecule has 0 aliphatic heterocycles. The van der Waals surface area contributed by atoms with E-state index in [1.54, 1.807) is 10.9 Å². The molecule has 0 saturated heterocycles. The van der Waals surface area contributed by atoms with Gasteiger partial charge in [-0.2, -0.15) is 18.3 Å². The zero-order valence-corrected chi connectivity index (χ0v) is 13.7. The monoisotopic (exact) mass is 363 g/mol. The summed E-state index contributed by atoms with van der Waals surface area (Å²) in [7, 11) is 0. The van der Waals surface area contributed by atoms with Crippen molar-refractivity contribution in [2.24, 2.45) is 0 Å². The SMILES string of the molecule is O=C(NCCCn1cccn1)c1ccc(-c2cccc(C(F)(F)F)c2)o1. The highest BCUT2D eigenvalue weighted by Gasteiger charge is 2.30. The summed E-state index contributed by atoms with van der Waals surface area (Å²) >= 11 is 0. The van der Waals surface area contributed by atoms with Crippen molar-refractivity contribution in [2.75, 3.05) is 6.54 Å². The lowest BCUT2D eigenvalue weighted by Gasteiger charge is -2.07. The first-order valence-corrected chi connectivity index (χ1v) is 7.96. The van der Waals surface area contributed by atoms with E-state index in [1.807, 2.05) is 12.3 Å². The maximum atomic E-state index is 12.8. The van der Waals surface area contributed by atoms with Crippen LogP contribution in [0.5, 0.6) is 0 Å². The molecule has 26 heavy (non-hydrogen) atoms. The number of carbonyl (C=O) groups is 1. The Kier molecular flexibility index (Phi) is 5.11. The van der Waals surface area contributed by atoms with Crippen LogP contribution in [0, 0.1) is 0 Å². The van der Waals surface area contributed by atoms with E-state index in [4.69, 9.17) is 4.42 Å². The third-order valence-electron chi connectivity index (χ3n) is 3.71. The topological polar surface area (TPSA) is 60.1 Å². The van der Waals surface area contributed by atoms with E-state index >= 15 is 0 Å². The summed E-state index contributed by atoms with van der Waals surface area (Å²) in [4.78, 5) is 12.1. The molecule has 0 bridgehead atoms. The molecular formula is C18H16F3N3O2. The molecule has 2 aromatic heterocycles. The maximum absolute atomic E-state index is 12.8. The predicted octanol–water partition coefficient (Wildman–Crippen LogP) is 3.98. The molecule has 5 nitrogen and oxygen atoms in total. The lowest BCUT2D eigenvalue weighted by Crippen LogP contribution is -2.24. The number of amides is 1. The van der Waals surface area contributed by atoms with E-state index in [9.17, 15) is 18.0 Å². The van der Waals surface area contributed by atoms with Crippen molar-refractivity contribution in [1.82, 2.24) is 15.1 Å². The molecule has 0 unspecified atom stereocenters. The molecule has 0 aliphatic carbocycles. The van der Waals surface area contributed by atoms with Gasteiger partial charge in [0.2, 0.25) is 0 Å². The summed E-state index contributed by atoms with van der Waals surface area (Å²) in [6, 6.07) is 9.52. The second kappa shape index (κ2) is 7.47. The number of hydrogen-bond donors (Lipinski definition) is 1. The van der Waals surface area contributed by atoms with Gasteiger partial charge in [0.15, 0.2) is 5.76 Å². The number of nitrogens with zero attached hydrogens (tertiary/aromatic N) is 2. The predicted molar refractivity (Wildman–Crippen MR) is 88.3 cm³/mol. The van der Waals surface area contributed by atoms with Crippen molar-refractivity contribution in [3.63, 3.8) is 0 Å². The third kappa shape index (κ3) is 4.33. The fourth-order valence-electron chi connectivity index (χ4n) is 2.43. The van der Waals surface area contributed by atoms with Gasteiger partial charge in [-0.05, 0) is 36.8 Å². The van der Waals surface area contributed by atoms with Gasteiger partial charge >= 0.3 is 6.18 Å². The Balaban J connectivity index is 1.59. The molecule has 1 aromatic carbocycles. The van der Waals surface area contributed by atoms with E-state index < -0.39 is 17.6 Å². The minimum atomic E-state index is -4.43. The molecule has 3 rings (SSSR count). The molecule has 8 heteroatoms. The Hall–Kier alpha value is -3.03. The van der Waals surface area contributed by atoms with Crippen molar-refractivity contribution in [3.8, 4) is 11.3 Å². The van der Waals surface area contributed by atoms with Gasteiger partial charge in [0, 0.05) is 31.0 Å². The Morgan fingerprint density at radius 3 is 2.77 bits per heavy atom. The quantitative estimate of drug-likeness (QED) is 0.674. The zero-order chi connectivity index (χ0) is 18.6. The molecule has 0 fully saturated rings. The van der Waals surface area contributed by atoms with Crippen LogP contribution in [0.3, 0.4) is 0 Å². The van der Waals surface area contributed by atoms with E-state index in [0.717, 1.165) is 12.1 Å². The van der Waals surface area contributed by atoms with Crippen molar-refractivity contribution in [3.05, 3.63) is 66.2 Å². The number of halogens is 3. The third-order valence-corrected chi connectivity index (χ3v) is 3.71. The Morgan fingerprint density at radius 1 is 1.19 bits per heavy atom. The number of nitrogens with one attached hydrogen (secondary N) is 1. The molecule has 0 aliphatic rings. The number of alkyl halides is 3. The molecule has 2 heterocycles. The van der Waals surface area contributed by atoms with E-state index in [1.165, 1.54) is 24.3 Å². The van der Waals surface area contributed by atoms with Gasteiger partial charge < -0.3 is 9.73 Å². The van der Waals surface area contributed by atoms with Gasteiger partial charge in [-0.25, -0.2) is 0 Å². The van der Waals surface area contributed by atoms with Crippen LogP contribution in [0.4, 0.5) is 13.2 Å². The lowest BCUT2D eigenvalue weighted by atomic mass is 10.1. The standard InChI is InChI=1S/C18H16F3N3O2/c19-18(20,21)14-5-1-4-13(12-14)15-6-7-16(26-15)17(25)22-8-2-10-24-11-3-9-23-24/h1,3-7,9,11-12H,2,8,10H2,(H,22,25). The molecule has 0 saturated carbocycles. The largest absolute Gasteiger partial charge is 0.451 e. The van der Waals surface area contributed by atoms with Crippen LogP contribution in [0.15, 0.2) is 59.3 Å². The second-order valence-electron chi connectivity index (χ2n) is 5.62. The normalized spacial score (nSPS) is 11.5. The molecule has 0 spiro atoms. The van der Waals surface area contributed by atoms with Crippen LogP contribution in [-0.4, -0.2) is 22.2 Å². The van der Waals surface area contributed by atoms with Crippen LogP contribution in [0.2, 0.25) is 0 Å². The fourth-order valence-corrected chi connectivity index (χ4v) is 2.43. The number of rotatable bonds is 6. The minimum Gasteiger partial charge on any atom is -0.451 e. The van der Waals surface area contributed by atoms with Crippen LogP contribution in [0.25, 0.3) is 11.3 Å². The van der Waals surface area contributed by atoms with Crippen LogP contribution in [-0.2, 0) is 12.7 Å². The molecule has 0 atom stereocenters. The van der Waals surface area contributed by atoms with E-state index in [2.05, 4.69) is 10.4 Å². The fraction of sp³-hybridized carbons (Fsp3) is 0.222. The highest BCUT2D eigenvalue weighted by atomic mass is 19.4. The Bertz CT molecular complexity index is 870. The number of benzene rings is 1. The van der Waals surface area contributed by atoms with Crippen molar-refractivity contribution >= 4 is 5.91 Å². The maximum Gasteiger partial charge on any atom is 0.416 e. The molecule has 1 N–H and O–H groups in total. The van der Waals surface area contributed by atoms with Gasteiger partial charge in [0.25, 0.3) is 5.91 Å². The summed E-state index contributed by atoms with van der Waals surface area (Å²) in [6.07, 6.45) is -0.238. The van der Waals surface area contributed by atoms with Crippen molar-refractivity contribution in [1.29, 1.82) is 0 Å². The molecule has 0 radical (unpaired) electrons. The van der Waals surface area contributed by atoms with Gasteiger partial charge in [-0.3, -0.25) is 9.48 Å². The number of furan rings is 1. The first-order valence-electron chi connectivity index (χ1n) is 7.96. The average Bonchev–Trinajstić information content (AvgIpc) is 3.29. The second-order valence-corrected chi connectivity index (χ2v) is 5.62. The Labute approximate surface area is 147 Å². The smallest absolute Gasteiger partial charge is 0.416 e. The summed E-state index contributed by atoms with van der Waals surface area (Å²) in [5, 5.41) is 6.77. The first kappa shape index (κ1) is 17.8. The van der Waals surface area contributed by atoms with Gasteiger partial charge in [-0.1, -0.05) is 12.1 Å². The van der Waals surface area contributed by atoms with Gasteiger partial charge in [0.1, 0.15) is 5.76 Å². The molecule has 1 amide bonds. The van der Waals surface area contributed by atoms with E-state index in [-0.39, 0.29) is 17.1 Å². The van der Waals surface area contributed by atoms with Crippen LogP contribution in [0.1, 0.15) is 22.5 Å². The Morgan fingerprint density at radius 2 is 2.04 bits per heavy atom. The van der Waals surface area contributed by atoms with Crippen LogP contribution >= 0.6 is 0 Å². The number of carbonyl (C=O) groups excluding carboxylic acids is 1. The first-order chi connectivity index (χ1) is 12.4. The summed E-state index contributed by atoms with van der Waals surface area (Å²) in [5.74, 6) is -0.155. The average molecular weight is 363 g/mol. The highest BCUT2D eigenvalue weighted by Crippen LogP contribution is 2.32.